The molecule has 0 saturated carbocycles. The number of para-hydroxylation sites is 2. The maximum Gasteiger partial charge on any atom is 3.00 e. The number of hydrogen-bond donors (Lipinski definition) is 0. The van der Waals surface area contributed by atoms with Crippen LogP contribution in [-0.2, 0) is 37.4 Å². The van der Waals surface area contributed by atoms with Crippen LogP contribution >= 0.6 is 0 Å². The first-order valence-corrected chi connectivity index (χ1v) is 21.5. The molecule has 0 bridgehead atoms. The fourth-order valence-corrected chi connectivity index (χ4v) is 7.58. The van der Waals surface area contributed by atoms with Crippen molar-refractivity contribution in [3.63, 3.8) is 0 Å². The molecule has 2 aliphatic rings. The number of allylic oxidation sites excluding steroid dienone is 2. The van der Waals surface area contributed by atoms with Gasteiger partial charge in [-0.2, -0.15) is 0 Å². The first-order valence-electron chi connectivity index (χ1n) is 21.5. The van der Waals surface area contributed by atoms with Gasteiger partial charge in [0.05, 0.1) is 0 Å². The molecule has 4 aromatic carbocycles. The van der Waals surface area contributed by atoms with Gasteiger partial charge in [0.2, 0.25) is 0 Å². The number of aryl methyl sites for hydroxylation is 3. The van der Waals surface area contributed by atoms with Crippen molar-refractivity contribution >= 4 is 29.5 Å². The summed E-state index contributed by atoms with van der Waals surface area (Å²) in [5.74, 6) is 3.17. The van der Waals surface area contributed by atoms with E-state index in [1.54, 1.807) is 0 Å². The van der Waals surface area contributed by atoms with Crippen molar-refractivity contribution in [1.29, 1.82) is 0 Å². The molecule has 60 heavy (non-hydrogen) atoms. The number of pyridine rings is 1. The van der Waals surface area contributed by atoms with Crippen molar-refractivity contribution in [3.8, 4) is 11.3 Å². The number of nitrogens with zero attached hydrogens (tertiary/aromatic N) is 4. The topological polar surface area (TPSA) is 64.4 Å². The van der Waals surface area contributed by atoms with Crippen LogP contribution in [0.3, 0.4) is 0 Å². The molecule has 0 unspecified atom stereocenters. The summed E-state index contributed by atoms with van der Waals surface area (Å²) >= 11 is 0. The Morgan fingerprint density at radius 2 is 1.07 bits per heavy atom. The second-order valence-corrected chi connectivity index (χ2v) is 16.9. The van der Waals surface area contributed by atoms with Gasteiger partial charge >= 0.3 is 32.7 Å². The molecule has 0 atom stereocenters. The molecule has 6 heteroatoms. The third kappa shape index (κ3) is 12.6. The van der Waals surface area contributed by atoms with Crippen LogP contribution in [0.1, 0.15) is 131 Å². The monoisotopic (exact) mass is 874 g/mol. The van der Waals surface area contributed by atoms with Crippen LogP contribution in [0.15, 0.2) is 115 Å². The van der Waals surface area contributed by atoms with Crippen molar-refractivity contribution in [2.45, 2.75) is 113 Å². The summed E-state index contributed by atoms with van der Waals surface area (Å²) in [6.07, 6.45) is 8.60. The summed E-state index contributed by atoms with van der Waals surface area (Å²) in [6, 6.07) is 31.7. The summed E-state index contributed by atoms with van der Waals surface area (Å²) < 4.78 is 4.94. The molecule has 0 spiro atoms. The van der Waals surface area contributed by atoms with Crippen molar-refractivity contribution in [3.05, 3.63) is 180 Å². The molecular formula is C54H65N4OY. The Morgan fingerprint density at radius 1 is 0.600 bits per heavy atom. The van der Waals surface area contributed by atoms with Gasteiger partial charge in [0.25, 0.3) is 0 Å². The first kappa shape index (κ1) is 48.4. The maximum atomic E-state index is 5.02. The maximum absolute atomic E-state index is 5.02. The van der Waals surface area contributed by atoms with E-state index in [1.807, 2.05) is 36.4 Å². The largest absolute Gasteiger partial charge is 3.00 e. The molecular weight excluding hydrogens is 810 g/mol. The number of rotatable bonds is 9. The molecule has 0 N–H and O–H groups in total. The van der Waals surface area contributed by atoms with Crippen molar-refractivity contribution in [2.75, 3.05) is 13.2 Å². The molecule has 5 nitrogen and oxygen atoms in total. The van der Waals surface area contributed by atoms with Crippen LogP contribution in [0.2, 0.25) is 0 Å². The van der Waals surface area contributed by atoms with Gasteiger partial charge in [0.1, 0.15) is 0 Å². The molecule has 3 heterocycles. The van der Waals surface area contributed by atoms with Gasteiger partial charge in [-0.25, -0.2) is 0 Å². The van der Waals surface area contributed by atoms with E-state index in [4.69, 9.17) is 25.7 Å². The van der Waals surface area contributed by atoms with Crippen molar-refractivity contribution in [2.24, 2.45) is 0 Å². The molecule has 1 fully saturated rings. The summed E-state index contributed by atoms with van der Waals surface area (Å²) in [6.45, 7) is 30.3. The molecule has 1 aromatic heterocycles. The smallest absolute Gasteiger partial charge is 0.677 e. The van der Waals surface area contributed by atoms with E-state index in [1.165, 1.54) is 57.3 Å². The Bertz CT molecular complexity index is 2290. The van der Waals surface area contributed by atoms with E-state index in [-0.39, 0.29) is 32.7 Å². The summed E-state index contributed by atoms with van der Waals surface area (Å²) in [5.41, 5.74) is 14.0. The van der Waals surface area contributed by atoms with E-state index < -0.39 is 0 Å². The fourth-order valence-electron chi connectivity index (χ4n) is 7.58. The van der Waals surface area contributed by atoms with Crippen molar-refractivity contribution < 1.29 is 37.4 Å². The summed E-state index contributed by atoms with van der Waals surface area (Å²) in [4.78, 5) is 4.89. The van der Waals surface area contributed by atoms with Crippen LogP contribution in [0.4, 0.5) is 17.2 Å². The second kappa shape index (κ2) is 23.1. The van der Waals surface area contributed by atoms with Gasteiger partial charge < -0.3 is 25.7 Å². The second-order valence-electron chi connectivity index (χ2n) is 16.9. The van der Waals surface area contributed by atoms with Crippen molar-refractivity contribution in [1.82, 2.24) is 4.98 Å². The standard InChI is InChI=1S/C25H29N2.C25H28N2.C4H8O.Y/c2*1-16(2)20-12-8-13-21(17(3)4)25(20)27-23-15-9-14-22(26-23)24-18(5)10-7-11-19(24)6;1-2-4-5-3-1;/h7-17H,1-6H3;7-17H,5H2,1-4,6H3;1-4H2;/q-1;-2;;+3/b;24-22+;;. The van der Waals surface area contributed by atoms with E-state index in [2.05, 4.69) is 156 Å². The van der Waals surface area contributed by atoms with Gasteiger partial charge in [-0.3, -0.25) is 5.82 Å². The average Bonchev–Trinajstić information content (AvgIpc) is 3.79. The first-order chi connectivity index (χ1) is 28.3. The number of hydrogen-bond acceptors (Lipinski definition) is 2. The number of aromatic nitrogens is 1. The zero-order valence-corrected chi connectivity index (χ0v) is 40.8. The zero-order chi connectivity index (χ0) is 42.6. The van der Waals surface area contributed by atoms with Gasteiger partial charge in [0, 0.05) is 13.2 Å². The van der Waals surface area contributed by atoms with Crippen LogP contribution in [0.25, 0.3) is 39.5 Å². The third-order valence-corrected chi connectivity index (χ3v) is 10.8. The Morgan fingerprint density at radius 3 is 1.55 bits per heavy atom. The average molecular weight is 875 g/mol. The molecule has 7 rings (SSSR count). The van der Waals surface area contributed by atoms with Crippen LogP contribution in [-0.4, -0.2) is 18.2 Å². The molecule has 5 aromatic rings. The minimum atomic E-state index is 0. The quantitative estimate of drug-likeness (QED) is 0.148. The Kier molecular flexibility index (Phi) is 18.6. The van der Waals surface area contributed by atoms with E-state index in [0.29, 0.717) is 23.7 Å². The van der Waals surface area contributed by atoms with Crippen LogP contribution in [0, 0.1) is 20.8 Å². The van der Waals surface area contributed by atoms with E-state index in [0.717, 1.165) is 58.1 Å². The van der Waals surface area contributed by atoms with E-state index in [9.17, 15) is 0 Å². The minimum absolute atomic E-state index is 0. The van der Waals surface area contributed by atoms with Gasteiger partial charge in [-0.15, -0.1) is 11.4 Å². The Balaban J connectivity index is 0.000000233. The number of ether oxygens (including phenoxy) is 1. The van der Waals surface area contributed by atoms with Crippen LogP contribution < -0.4 is 10.4 Å². The Labute approximate surface area is 386 Å². The van der Waals surface area contributed by atoms with Gasteiger partial charge in [-0.1, -0.05) is 188 Å². The molecule has 0 amide bonds. The Hall–Kier alpha value is -4.29. The van der Waals surface area contributed by atoms with Gasteiger partial charge in [0.15, 0.2) is 0 Å². The molecule has 2 aliphatic heterocycles. The summed E-state index contributed by atoms with van der Waals surface area (Å²) in [7, 11) is 0. The van der Waals surface area contributed by atoms with Gasteiger partial charge in [-0.05, 0) is 112 Å². The predicted octanol–water partition coefficient (Wildman–Crippen LogP) is 15.0. The predicted molar refractivity (Wildman–Crippen MR) is 254 cm³/mol. The molecule has 0 radical (unpaired) electrons. The summed E-state index contributed by atoms with van der Waals surface area (Å²) in [5, 5.41) is 17.0. The molecule has 310 valence electrons. The minimum Gasteiger partial charge on any atom is -0.677 e. The zero-order valence-electron chi connectivity index (χ0n) is 38.0. The molecule has 1 saturated heterocycles. The molecule has 0 aliphatic carbocycles. The number of benzene rings is 4. The third-order valence-electron chi connectivity index (χ3n) is 10.8. The fraction of sp³-hybridized carbons (Fsp3) is 0.352. The van der Waals surface area contributed by atoms with Crippen LogP contribution in [0.5, 0.6) is 0 Å². The SMILES string of the molecule is C1CCOC1.C=c1cccc(C)/c1=C1\C=CC=C([N-]c2c(C(C)C)cccc2C(C)C)[N-]1.Cc1cccc(C)c1-c1cccc([N-]c2c(C(C)C)cccc2C(C)C)n1.[Y+3]. The normalized spacial score (nSPS) is 14.2. The van der Waals surface area contributed by atoms with E-state index >= 15 is 0 Å².